The molecule has 0 saturated heterocycles. The summed E-state index contributed by atoms with van der Waals surface area (Å²) in [5.74, 6) is 0.301. The van der Waals surface area contributed by atoms with Gasteiger partial charge >= 0.3 is 0 Å². The normalized spacial score (nSPS) is 10.5. The van der Waals surface area contributed by atoms with Gasteiger partial charge in [0.25, 0.3) is 5.91 Å². The standard InChI is InChI=1S/C15H13N3O2S/c1-20-12-7-6-9(8-10(12)16)14(19)18-15-17-11-4-2-3-5-13(11)21-15/h2-8H,16H2,1H3,(H,17,18,19). The zero-order valence-electron chi connectivity index (χ0n) is 11.3. The Bertz CT molecular complexity index is 781. The molecule has 0 aliphatic rings. The van der Waals surface area contributed by atoms with E-state index < -0.39 is 0 Å². The number of anilines is 2. The number of aromatic nitrogens is 1. The van der Waals surface area contributed by atoms with Crippen molar-refractivity contribution < 1.29 is 9.53 Å². The van der Waals surface area contributed by atoms with Gasteiger partial charge < -0.3 is 10.5 Å². The summed E-state index contributed by atoms with van der Waals surface area (Å²) < 4.78 is 6.10. The van der Waals surface area contributed by atoms with Gasteiger partial charge in [-0.2, -0.15) is 0 Å². The number of methoxy groups -OCH3 is 1. The highest BCUT2D eigenvalue weighted by molar-refractivity contribution is 7.22. The first-order chi connectivity index (χ1) is 10.2. The average Bonchev–Trinajstić information content (AvgIpc) is 2.89. The molecule has 106 valence electrons. The molecule has 0 spiro atoms. The molecule has 21 heavy (non-hydrogen) atoms. The molecule has 2 aromatic carbocycles. The van der Waals surface area contributed by atoms with Crippen LogP contribution in [0.3, 0.4) is 0 Å². The van der Waals surface area contributed by atoms with E-state index in [0.29, 0.717) is 22.1 Å². The molecule has 0 bridgehead atoms. The van der Waals surface area contributed by atoms with Crippen LogP contribution in [0.5, 0.6) is 5.75 Å². The number of hydrogen-bond donors (Lipinski definition) is 2. The molecule has 0 aliphatic carbocycles. The molecule has 3 rings (SSSR count). The van der Waals surface area contributed by atoms with Crippen LogP contribution in [-0.2, 0) is 0 Å². The first-order valence-electron chi connectivity index (χ1n) is 6.28. The van der Waals surface area contributed by atoms with Gasteiger partial charge in [-0.15, -0.1) is 0 Å². The first-order valence-corrected chi connectivity index (χ1v) is 7.09. The number of rotatable bonds is 3. The summed E-state index contributed by atoms with van der Waals surface area (Å²) in [5.41, 5.74) is 7.56. The first kappa shape index (κ1) is 13.4. The van der Waals surface area contributed by atoms with E-state index in [4.69, 9.17) is 10.5 Å². The van der Waals surface area contributed by atoms with Gasteiger partial charge in [-0.05, 0) is 30.3 Å². The number of thiazole rings is 1. The Kier molecular flexibility index (Phi) is 3.45. The lowest BCUT2D eigenvalue weighted by Crippen LogP contribution is -2.12. The number of benzene rings is 2. The molecule has 1 amide bonds. The number of carbonyl (C=O) groups is 1. The van der Waals surface area contributed by atoms with Gasteiger partial charge in [0, 0.05) is 5.56 Å². The Hall–Kier alpha value is -2.60. The van der Waals surface area contributed by atoms with Crippen molar-refractivity contribution in [3.63, 3.8) is 0 Å². The van der Waals surface area contributed by atoms with Crippen LogP contribution in [0.15, 0.2) is 42.5 Å². The van der Waals surface area contributed by atoms with Crippen molar-refractivity contribution in [3.8, 4) is 5.75 Å². The third-order valence-electron chi connectivity index (χ3n) is 3.01. The summed E-state index contributed by atoms with van der Waals surface area (Å²) in [6.07, 6.45) is 0. The zero-order valence-corrected chi connectivity index (χ0v) is 12.1. The fraction of sp³-hybridized carbons (Fsp3) is 0.0667. The number of nitrogens with one attached hydrogen (secondary N) is 1. The van der Waals surface area contributed by atoms with Crippen LogP contribution in [0.4, 0.5) is 10.8 Å². The Morgan fingerprint density at radius 2 is 2.10 bits per heavy atom. The number of nitrogen functional groups attached to an aromatic ring is 1. The second-order valence-electron chi connectivity index (χ2n) is 4.40. The van der Waals surface area contributed by atoms with Crippen molar-refractivity contribution in [2.45, 2.75) is 0 Å². The van der Waals surface area contributed by atoms with E-state index >= 15 is 0 Å². The van der Waals surface area contributed by atoms with E-state index in [0.717, 1.165) is 10.2 Å². The molecule has 0 radical (unpaired) electrons. The van der Waals surface area contributed by atoms with Crippen LogP contribution in [0.25, 0.3) is 10.2 Å². The van der Waals surface area contributed by atoms with Crippen LogP contribution >= 0.6 is 11.3 Å². The third kappa shape index (κ3) is 2.66. The van der Waals surface area contributed by atoms with Gasteiger partial charge in [0.2, 0.25) is 0 Å². The maximum atomic E-state index is 12.2. The van der Waals surface area contributed by atoms with Crippen molar-refractivity contribution >= 4 is 38.3 Å². The highest BCUT2D eigenvalue weighted by Crippen LogP contribution is 2.26. The minimum Gasteiger partial charge on any atom is -0.495 e. The van der Waals surface area contributed by atoms with E-state index in [2.05, 4.69) is 10.3 Å². The Morgan fingerprint density at radius 1 is 1.29 bits per heavy atom. The second kappa shape index (κ2) is 5.41. The van der Waals surface area contributed by atoms with Crippen LogP contribution in [-0.4, -0.2) is 18.0 Å². The minimum absolute atomic E-state index is 0.247. The number of nitrogens with zero attached hydrogens (tertiary/aromatic N) is 1. The monoisotopic (exact) mass is 299 g/mol. The molecular formula is C15H13N3O2S. The van der Waals surface area contributed by atoms with E-state index in [1.165, 1.54) is 18.4 Å². The molecule has 3 aromatic rings. The van der Waals surface area contributed by atoms with Gasteiger partial charge in [0.15, 0.2) is 5.13 Å². The molecule has 1 aromatic heterocycles. The predicted molar refractivity (Wildman–Crippen MR) is 85.0 cm³/mol. The van der Waals surface area contributed by atoms with Gasteiger partial charge in [-0.1, -0.05) is 23.5 Å². The van der Waals surface area contributed by atoms with Crippen molar-refractivity contribution in [1.82, 2.24) is 4.98 Å². The Morgan fingerprint density at radius 3 is 2.81 bits per heavy atom. The van der Waals surface area contributed by atoms with E-state index in [1.807, 2.05) is 24.3 Å². The van der Waals surface area contributed by atoms with E-state index in [-0.39, 0.29) is 5.91 Å². The number of carbonyl (C=O) groups excluding carboxylic acids is 1. The highest BCUT2D eigenvalue weighted by Gasteiger charge is 2.11. The Labute approximate surface area is 125 Å². The lowest BCUT2D eigenvalue weighted by atomic mass is 10.2. The van der Waals surface area contributed by atoms with Crippen molar-refractivity contribution in [2.75, 3.05) is 18.2 Å². The SMILES string of the molecule is COc1ccc(C(=O)Nc2nc3ccccc3s2)cc1N. The molecule has 0 saturated carbocycles. The lowest BCUT2D eigenvalue weighted by molar-refractivity contribution is 0.102. The molecule has 0 fully saturated rings. The smallest absolute Gasteiger partial charge is 0.257 e. The summed E-state index contributed by atoms with van der Waals surface area (Å²) in [6.45, 7) is 0. The molecule has 3 N–H and O–H groups in total. The summed E-state index contributed by atoms with van der Waals surface area (Å²) in [4.78, 5) is 16.6. The van der Waals surface area contributed by atoms with Crippen LogP contribution < -0.4 is 15.8 Å². The zero-order chi connectivity index (χ0) is 14.8. The average molecular weight is 299 g/mol. The van der Waals surface area contributed by atoms with Crippen LogP contribution in [0.2, 0.25) is 0 Å². The fourth-order valence-corrected chi connectivity index (χ4v) is 2.83. The van der Waals surface area contributed by atoms with Gasteiger partial charge in [-0.25, -0.2) is 4.98 Å². The molecule has 0 unspecified atom stereocenters. The van der Waals surface area contributed by atoms with Crippen molar-refractivity contribution in [3.05, 3.63) is 48.0 Å². The summed E-state index contributed by atoms with van der Waals surface area (Å²) in [5, 5.41) is 3.35. The number of amides is 1. The molecule has 5 nitrogen and oxygen atoms in total. The van der Waals surface area contributed by atoms with Gasteiger partial charge in [0.05, 0.1) is 23.0 Å². The van der Waals surface area contributed by atoms with Crippen LogP contribution in [0.1, 0.15) is 10.4 Å². The van der Waals surface area contributed by atoms with Crippen molar-refractivity contribution in [1.29, 1.82) is 0 Å². The second-order valence-corrected chi connectivity index (χ2v) is 5.43. The number of hydrogen-bond acceptors (Lipinski definition) is 5. The number of fused-ring (bicyclic) bond motifs is 1. The maximum absolute atomic E-state index is 12.2. The van der Waals surface area contributed by atoms with E-state index in [9.17, 15) is 4.79 Å². The minimum atomic E-state index is -0.247. The van der Waals surface area contributed by atoms with E-state index in [1.54, 1.807) is 18.2 Å². The number of nitrogens with two attached hydrogens (primary N) is 1. The number of para-hydroxylation sites is 1. The molecule has 1 heterocycles. The summed E-state index contributed by atoms with van der Waals surface area (Å²) >= 11 is 1.43. The summed E-state index contributed by atoms with van der Waals surface area (Å²) in [6, 6.07) is 12.6. The molecule has 6 heteroatoms. The third-order valence-corrected chi connectivity index (χ3v) is 3.96. The number of ether oxygens (including phenoxy) is 1. The molecular weight excluding hydrogens is 286 g/mol. The largest absolute Gasteiger partial charge is 0.495 e. The highest BCUT2D eigenvalue weighted by atomic mass is 32.1. The summed E-state index contributed by atoms with van der Waals surface area (Å²) in [7, 11) is 1.53. The topological polar surface area (TPSA) is 77.2 Å². The Balaban J connectivity index is 1.84. The molecule has 0 aliphatic heterocycles. The molecule has 0 atom stereocenters. The predicted octanol–water partition coefficient (Wildman–Crippen LogP) is 3.14. The fourth-order valence-electron chi connectivity index (χ4n) is 1.97. The van der Waals surface area contributed by atoms with Gasteiger partial charge in [-0.3, -0.25) is 10.1 Å². The quantitative estimate of drug-likeness (QED) is 0.728. The van der Waals surface area contributed by atoms with Crippen molar-refractivity contribution in [2.24, 2.45) is 0 Å². The lowest BCUT2D eigenvalue weighted by Gasteiger charge is -2.06. The van der Waals surface area contributed by atoms with Gasteiger partial charge in [0.1, 0.15) is 5.75 Å². The maximum Gasteiger partial charge on any atom is 0.257 e. The van der Waals surface area contributed by atoms with Crippen LogP contribution in [0, 0.1) is 0 Å².